The van der Waals surface area contributed by atoms with Gasteiger partial charge in [-0.05, 0) is 61.2 Å². The quantitative estimate of drug-likeness (QED) is 0.831. The third-order valence-electron chi connectivity index (χ3n) is 3.35. The molecule has 0 radical (unpaired) electrons. The molecule has 0 aliphatic rings. The van der Waals surface area contributed by atoms with E-state index in [0.29, 0.717) is 17.3 Å². The van der Waals surface area contributed by atoms with Gasteiger partial charge in [-0.2, -0.15) is 0 Å². The molecule has 0 spiro atoms. The summed E-state index contributed by atoms with van der Waals surface area (Å²) < 4.78 is 13.7. The SMILES string of the molecule is Cc1cc(C)c(CNc2ccc(Cl)cc2F)cc1C. The van der Waals surface area contributed by atoms with E-state index >= 15 is 0 Å². The van der Waals surface area contributed by atoms with Gasteiger partial charge in [-0.1, -0.05) is 23.7 Å². The van der Waals surface area contributed by atoms with E-state index in [1.54, 1.807) is 12.1 Å². The summed E-state index contributed by atoms with van der Waals surface area (Å²) in [5, 5.41) is 3.52. The standard InChI is InChI=1S/C16H17ClFN/c1-10-6-12(3)13(7-11(10)2)9-19-16-5-4-14(17)8-15(16)18/h4-8,19H,9H2,1-3H3. The third-order valence-corrected chi connectivity index (χ3v) is 3.59. The van der Waals surface area contributed by atoms with Gasteiger partial charge in [0.05, 0.1) is 5.69 Å². The van der Waals surface area contributed by atoms with Crippen LogP contribution in [0.4, 0.5) is 10.1 Å². The monoisotopic (exact) mass is 277 g/mol. The highest BCUT2D eigenvalue weighted by Crippen LogP contribution is 2.21. The fourth-order valence-corrected chi connectivity index (χ4v) is 2.19. The van der Waals surface area contributed by atoms with Crippen molar-refractivity contribution >= 4 is 17.3 Å². The second-order valence-corrected chi connectivity index (χ2v) is 5.28. The molecular formula is C16H17ClFN. The fourth-order valence-electron chi connectivity index (χ4n) is 2.03. The fraction of sp³-hybridized carbons (Fsp3) is 0.250. The molecule has 2 aromatic carbocycles. The Bertz CT molecular complexity index is 608. The average Bonchev–Trinajstić information content (AvgIpc) is 2.34. The van der Waals surface area contributed by atoms with Crippen LogP contribution in [0.3, 0.4) is 0 Å². The third kappa shape index (κ3) is 3.27. The van der Waals surface area contributed by atoms with Crippen molar-refractivity contribution < 1.29 is 4.39 Å². The summed E-state index contributed by atoms with van der Waals surface area (Å²) in [4.78, 5) is 0. The molecule has 3 heteroatoms. The first-order valence-electron chi connectivity index (χ1n) is 6.23. The molecule has 1 N–H and O–H groups in total. The second-order valence-electron chi connectivity index (χ2n) is 4.84. The Kier molecular flexibility index (Phi) is 4.11. The van der Waals surface area contributed by atoms with Gasteiger partial charge in [0.25, 0.3) is 0 Å². The molecule has 0 amide bonds. The number of rotatable bonds is 3. The molecular weight excluding hydrogens is 261 g/mol. The molecule has 0 fully saturated rings. The Balaban J connectivity index is 2.16. The van der Waals surface area contributed by atoms with Crippen molar-refractivity contribution in [3.63, 3.8) is 0 Å². The summed E-state index contributed by atoms with van der Waals surface area (Å²) in [5.74, 6) is -0.325. The molecule has 0 saturated carbocycles. The lowest BCUT2D eigenvalue weighted by Crippen LogP contribution is -2.04. The molecule has 0 aromatic heterocycles. The first-order chi connectivity index (χ1) is 8.97. The zero-order chi connectivity index (χ0) is 14.0. The molecule has 0 heterocycles. The van der Waals surface area contributed by atoms with Gasteiger partial charge >= 0.3 is 0 Å². The Morgan fingerprint density at radius 3 is 2.37 bits per heavy atom. The van der Waals surface area contributed by atoms with Gasteiger partial charge in [-0.3, -0.25) is 0 Å². The summed E-state index contributed by atoms with van der Waals surface area (Å²) in [6, 6.07) is 8.96. The number of benzene rings is 2. The van der Waals surface area contributed by atoms with Crippen molar-refractivity contribution in [3.8, 4) is 0 Å². The normalized spacial score (nSPS) is 10.6. The largest absolute Gasteiger partial charge is 0.379 e. The maximum absolute atomic E-state index is 13.7. The Labute approximate surface area is 118 Å². The number of aryl methyl sites for hydroxylation is 3. The minimum absolute atomic E-state index is 0.325. The molecule has 0 saturated heterocycles. The molecule has 2 aromatic rings. The minimum Gasteiger partial charge on any atom is -0.379 e. The highest BCUT2D eigenvalue weighted by molar-refractivity contribution is 6.30. The molecule has 2 rings (SSSR count). The first kappa shape index (κ1) is 13.9. The van der Waals surface area contributed by atoms with Crippen molar-refractivity contribution in [1.29, 1.82) is 0 Å². The van der Waals surface area contributed by atoms with E-state index in [0.717, 1.165) is 0 Å². The average molecular weight is 278 g/mol. The number of halogens is 2. The predicted octanol–water partition coefficient (Wildman–Crippen LogP) is 5.02. The number of anilines is 1. The van der Waals surface area contributed by atoms with Crippen LogP contribution in [0.1, 0.15) is 22.3 Å². The van der Waals surface area contributed by atoms with Gasteiger partial charge < -0.3 is 5.32 Å². The van der Waals surface area contributed by atoms with Crippen LogP contribution < -0.4 is 5.32 Å². The van der Waals surface area contributed by atoms with Gasteiger partial charge in [-0.15, -0.1) is 0 Å². The van der Waals surface area contributed by atoms with Crippen molar-refractivity contribution in [2.75, 3.05) is 5.32 Å². The Morgan fingerprint density at radius 2 is 1.68 bits per heavy atom. The highest BCUT2D eigenvalue weighted by Gasteiger charge is 2.05. The van der Waals surface area contributed by atoms with Crippen LogP contribution in [0.25, 0.3) is 0 Å². The topological polar surface area (TPSA) is 12.0 Å². The predicted molar refractivity (Wildman–Crippen MR) is 79.4 cm³/mol. The first-order valence-corrected chi connectivity index (χ1v) is 6.61. The maximum Gasteiger partial charge on any atom is 0.147 e. The molecule has 1 nitrogen and oxygen atoms in total. The van der Waals surface area contributed by atoms with Gasteiger partial charge in [0.2, 0.25) is 0 Å². The van der Waals surface area contributed by atoms with Gasteiger partial charge in [-0.25, -0.2) is 4.39 Å². The van der Waals surface area contributed by atoms with E-state index in [-0.39, 0.29) is 5.82 Å². The number of hydrogen-bond acceptors (Lipinski definition) is 1. The highest BCUT2D eigenvalue weighted by atomic mass is 35.5. The molecule has 0 atom stereocenters. The summed E-state index contributed by atoms with van der Waals surface area (Å²) >= 11 is 5.73. The molecule has 0 unspecified atom stereocenters. The van der Waals surface area contributed by atoms with Crippen molar-refractivity contribution in [2.24, 2.45) is 0 Å². The molecule has 100 valence electrons. The smallest absolute Gasteiger partial charge is 0.147 e. The Hall–Kier alpha value is -1.54. The molecule has 0 bridgehead atoms. The zero-order valence-corrected chi connectivity index (χ0v) is 12.1. The van der Waals surface area contributed by atoms with Gasteiger partial charge in [0.1, 0.15) is 5.82 Å². The minimum atomic E-state index is -0.325. The summed E-state index contributed by atoms with van der Waals surface area (Å²) in [6.07, 6.45) is 0. The van der Waals surface area contributed by atoms with Crippen LogP contribution in [0, 0.1) is 26.6 Å². The number of hydrogen-bond donors (Lipinski definition) is 1. The Morgan fingerprint density at radius 1 is 1.00 bits per heavy atom. The van der Waals surface area contributed by atoms with E-state index < -0.39 is 0 Å². The van der Waals surface area contributed by atoms with Gasteiger partial charge in [0, 0.05) is 11.6 Å². The van der Waals surface area contributed by atoms with Crippen molar-refractivity contribution in [3.05, 3.63) is 63.4 Å². The summed E-state index contributed by atoms with van der Waals surface area (Å²) in [7, 11) is 0. The lowest BCUT2D eigenvalue weighted by atomic mass is 10.0. The van der Waals surface area contributed by atoms with E-state index in [2.05, 4.69) is 38.2 Å². The lowest BCUT2D eigenvalue weighted by molar-refractivity contribution is 0.630. The summed E-state index contributed by atoms with van der Waals surface area (Å²) in [6.45, 7) is 6.85. The van der Waals surface area contributed by atoms with Crippen LogP contribution in [0.5, 0.6) is 0 Å². The van der Waals surface area contributed by atoms with Crippen molar-refractivity contribution in [1.82, 2.24) is 0 Å². The van der Waals surface area contributed by atoms with Crippen LogP contribution in [0.2, 0.25) is 5.02 Å². The second kappa shape index (κ2) is 5.62. The number of nitrogens with one attached hydrogen (secondary N) is 1. The summed E-state index contributed by atoms with van der Waals surface area (Å²) in [5.41, 5.74) is 5.39. The van der Waals surface area contributed by atoms with Crippen LogP contribution >= 0.6 is 11.6 Å². The molecule has 0 aliphatic carbocycles. The zero-order valence-electron chi connectivity index (χ0n) is 11.3. The van der Waals surface area contributed by atoms with E-state index in [1.807, 2.05) is 0 Å². The molecule has 0 aliphatic heterocycles. The van der Waals surface area contributed by atoms with Crippen LogP contribution in [-0.4, -0.2) is 0 Å². The van der Waals surface area contributed by atoms with E-state index in [1.165, 1.54) is 28.3 Å². The van der Waals surface area contributed by atoms with Crippen LogP contribution in [0.15, 0.2) is 30.3 Å². The van der Waals surface area contributed by atoms with Gasteiger partial charge in [0.15, 0.2) is 0 Å². The molecule has 19 heavy (non-hydrogen) atoms. The maximum atomic E-state index is 13.7. The van der Waals surface area contributed by atoms with E-state index in [4.69, 9.17) is 11.6 Å². The lowest BCUT2D eigenvalue weighted by Gasteiger charge is -2.12. The van der Waals surface area contributed by atoms with Crippen molar-refractivity contribution in [2.45, 2.75) is 27.3 Å². The van der Waals surface area contributed by atoms with Crippen LogP contribution in [-0.2, 0) is 6.54 Å². The van der Waals surface area contributed by atoms with E-state index in [9.17, 15) is 4.39 Å².